The molecule has 1 saturated heterocycles. The van der Waals surface area contributed by atoms with Crippen LogP contribution in [0.4, 0.5) is 0 Å². The third kappa shape index (κ3) is 7.94. The molecule has 2 atom stereocenters. The summed E-state index contributed by atoms with van der Waals surface area (Å²) in [6, 6.07) is 4.37. The first-order chi connectivity index (χ1) is 16.4. The first kappa shape index (κ1) is 28.6. The highest BCUT2D eigenvalue weighted by atomic mass is 35.5. The first-order valence-electron chi connectivity index (χ1n) is 10.9. The molecule has 1 fully saturated rings. The summed E-state index contributed by atoms with van der Waals surface area (Å²) >= 11 is 11.9. The number of carbonyl (C=O) groups excluding carboxylic acids is 4. The van der Waals surface area contributed by atoms with E-state index in [1.54, 1.807) is 0 Å². The van der Waals surface area contributed by atoms with E-state index < -0.39 is 55.1 Å². The van der Waals surface area contributed by atoms with Crippen LogP contribution in [-0.4, -0.2) is 61.0 Å². The number of aliphatic carboxylic acids is 1. The molecule has 0 spiro atoms. The van der Waals surface area contributed by atoms with Gasteiger partial charge in [-0.1, -0.05) is 37.0 Å². The second kappa shape index (κ2) is 12.4. The molecular weight excluding hydrogens is 502 g/mol. The molecule has 0 saturated carbocycles. The molecule has 0 aromatic heterocycles. The van der Waals surface area contributed by atoms with Crippen molar-refractivity contribution in [1.82, 2.24) is 10.6 Å². The molecule has 0 radical (unpaired) electrons. The topological polar surface area (TPSA) is 148 Å². The van der Waals surface area contributed by atoms with Crippen molar-refractivity contribution in [2.24, 2.45) is 5.92 Å². The summed E-state index contributed by atoms with van der Waals surface area (Å²) < 4.78 is 11.1. The molecule has 0 unspecified atom stereocenters. The van der Waals surface area contributed by atoms with Crippen LogP contribution in [0, 0.1) is 5.92 Å². The van der Waals surface area contributed by atoms with Crippen LogP contribution in [0.25, 0.3) is 0 Å². The monoisotopic (exact) mass is 528 g/mol. The van der Waals surface area contributed by atoms with Crippen LogP contribution in [0.15, 0.2) is 18.2 Å². The lowest BCUT2D eigenvalue weighted by Gasteiger charge is -2.24. The van der Waals surface area contributed by atoms with Crippen LogP contribution < -0.4 is 10.6 Å². The van der Waals surface area contributed by atoms with Gasteiger partial charge in [0.15, 0.2) is 11.4 Å². The largest absolute Gasteiger partial charge is 0.531 e. The van der Waals surface area contributed by atoms with E-state index >= 15 is 0 Å². The Bertz CT molecular complexity index is 1010. The summed E-state index contributed by atoms with van der Waals surface area (Å²) in [4.78, 5) is 61.1. The van der Waals surface area contributed by atoms with E-state index in [1.165, 1.54) is 25.2 Å². The third-order valence-electron chi connectivity index (χ3n) is 5.37. The summed E-state index contributed by atoms with van der Waals surface area (Å²) in [7, 11) is 0.121. The van der Waals surface area contributed by atoms with E-state index in [1.807, 2.05) is 13.8 Å². The smallest absolute Gasteiger partial charge is 0.507 e. The van der Waals surface area contributed by atoms with Crippen molar-refractivity contribution in [2.75, 3.05) is 13.6 Å². The fourth-order valence-electron chi connectivity index (χ4n) is 3.79. The highest BCUT2D eigenvalue weighted by Crippen LogP contribution is 2.38. The number of ketones is 1. The number of Topliss-reactive ketones (excluding diaryl/α,β-unsaturated/α-hetero) is 1. The highest BCUT2D eigenvalue weighted by Gasteiger charge is 2.57. The van der Waals surface area contributed by atoms with Gasteiger partial charge < -0.3 is 25.0 Å². The Labute approximate surface area is 213 Å². The minimum atomic E-state index is -1.99. The Balaban J connectivity index is 2.12. The van der Waals surface area contributed by atoms with Crippen LogP contribution in [-0.2, 0) is 28.5 Å². The second-order valence-corrected chi connectivity index (χ2v) is 9.59. The summed E-state index contributed by atoms with van der Waals surface area (Å²) in [5.74, 6) is -4.42. The molecule has 1 aliphatic rings. The average Bonchev–Trinajstić information content (AvgIpc) is 3.07. The van der Waals surface area contributed by atoms with Gasteiger partial charge in [-0.25, -0.2) is 0 Å². The SMILES string of the molecule is CNC(=O)C[C@@]1(CC(=O)O)OB([C@@H](CC(=O)CNC(=O)c2cc(Cl)ccc2Cl)CC(C)C)OC1=O. The maximum Gasteiger partial charge on any atom is 0.531 e. The Morgan fingerprint density at radius 2 is 1.86 bits per heavy atom. The van der Waals surface area contributed by atoms with Crippen molar-refractivity contribution in [1.29, 1.82) is 0 Å². The van der Waals surface area contributed by atoms with Gasteiger partial charge in [-0.3, -0.25) is 24.0 Å². The normalized spacial score (nSPS) is 18.2. The van der Waals surface area contributed by atoms with Crippen LogP contribution in [0.1, 0.15) is 49.9 Å². The molecule has 13 heteroatoms. The number of amides is 2. The Morgan fingerprint density at radius 1 is 1.17 bits per heavy atom. The van der Waals surface area contributed by atoms with Crippen molar-refractivity contribution >= 4 is 59.9 Å². The van der Waals surface area contributed by atoms with Gasteiger partial charge in [0.1, 0.15) is 0 Å². The molecule has 0 bridgehead atoms. The molecule has 3 N–H and O–H groups in total. The number of hydrogen-bond acceptors (Lipinski definition) is 7. The summed E-state index contributed by atoms with van der Waals surface area (Å²) in [5, 5.41) is 14.6. The molecule has 10 nitrogen and oxygen atoms in total. The Hall–Kier alpha value is -2.63. The molecule has 1 heterocycles. The van der Waals surface area contributed by atoms with Crippen LogP contribution in [0.2, 0.25) is 15.9 Å². The van der Waals surface area contributed by atoms with Crippen molar-refractivity contribution in [3.8, 4) is 0 Å². The number of benzene rings is 1. The zero-order valence-electron chi connectivity index (χ0n) is 19.6. The maximum absolute atomic E-state index is 12.7. The average molecular weight is 529 g/mol. The lowest BCUT2D eigenvalue weighted by Crippen LogP contribution is -2.44. The van der Waals surface area contributed by atoms with E-state index in [0.29, 0.717) is 11.4 Å². The highest BCUT2D eigenvalue weighted by molar-refractivity contribution is 6.51. The zero-order chi connectivity index (χ0) is 26.3. The van der Waals surface area contributed by atoms with Crippen molar-refractivity contribution in [3.05, 3.63) is 33.8 Å². The fraction of sp³-hybridized carbons (Fsp3) is 0.500. The standard InChI is InChI=1S/C22H27BCl2N2O8/c1-12(2)6-13(7-15(28)11-27-20(32)16-8-14(24)4-5-17(16)25)23-34-21(33)22(35-23,10-19(30)31)9-18(29)26-3/h4-5,8,12-13H,6-7,9-11H2,1-3H3,(H,26,29)(H,27,32)(H,30,31)/t13-,22+/m1/s1. The first-order valence-corrected chi connectivity index (χ1v) is 11.7. The zero-order valence-corrected chi connectivity index (χ0v) is 21.1. The van der Waals surface area contributed by atoms with Gasteiger partial charge in [-0.05, 0) is 30.5 Å². The van der Waals surface area contributed by atoms with E-state index in [9.17, 15) is 29.1 Å². The number of hydrogen-bond donors (Lipinski definition) is 3. The molecule has 1 aromatic carbocycles. The minimum absolute atomic E-state index is 0.0726. The molecule has 1 aromatic rings. The number of nitrogens with one attached hydrogen (secondary N) is 2. The number of carboxylic acid groups (broad SMARTS) is 1. The minimum Gasteiger partial charge on any atom is -0.507 e. The third-order valence-corrected chi connectivity index (χ3v) is 5.93. The van der Waals surface area contributed by atoms with Crippen molar-refractivity contribution < 1.29 is 38.4 Å². The van der Waals surface area contributed by atoms with Gasteiger partial charge in [-0.2, -0.15) is 0 Å². The predicted octanol–water partition coefficient (Wildman–Crippen LogP) is 2.51. The van der Waals surface area contributed by atoms with E-state index in [0.717, 1.165) is 0 Å². The number of halogens is 2. The summed E-state index contributed by atoms with van der Waals surface area (Å²) in [6.07, 6.45) is -1.03. The van der Waals surface area contributed by atoms with E-state index in [2.05, 4.69) is 10.6 Å². The van der Waals surface area contributed by atoms with Gasteiger partial charge in [0.25, 0.3) is 5.91 Å². The fourth-order valence-corrected chi connectivity index (χ4v) is 4.16. The summed E-state index contributed by atoms with van der Waals surface area (Å²) in [5.41, 5.74) is -1.88. The predicted molar refractivity (Wildman–Crippen MR) is 128 cm³/mol. The van der Waals surface area contributed by atoms with E-state index in [4.69, 9.17) is 32.5 Å². The molecular formula is C22H27BCl2N2O8. The quantitative estimate of drug-likeness (QED) is 0.350. The van der Waals surface area contributed by atoms with Crippen LogP contribution in [0.3, 0.4) is 0 Å². The number of carboxylic acids is 1. The van der Waals surface area contributed by atoms with Crippen molar-refractivity contribution in [3.63, 3.8) is 0 Å². The Kier molecular flexibility index (Phi) is 10.1. The van der Waals surface area contributed by atoms with E-state index in [-0.39, 0.29) is 35.3 Å². The lowest BCUT2D eigenvalue weighted by molar-refractivity contribution is -0.154. The van der Waals surface area contributed by atoms with Gasteiger partial charge in [0, 0.05) is 24.3 Å². The lowest BCUT2D eigenvalue weighted by atomic mass is 9.65. The molecule has 1 aliphatic heterocycles. The number of carbonyl (C=O) groups is 5. The molecule has 2 amide bonds. The van der Waals surface area contributed by atoms with Crippen molar-refractivity contribution in [2.45, 2.75) is 50.9 Å². The van der Waals surface area contributed by atoms with Crippen LogP contribution in [0.5, 0.6) is 0 Å². The van der Waals surface area contributed by atoms with Gasteiger partial charge in [0.2, 0.25) is 5.91 Å². The molecule has 2 rings (SSSR count). The molecule has 0 aliphatic carbocycles. The molecule has 190 valence electrons. The Morgan fingerprint density at radius 3 is 2.46 bits per heavy atom. The summed E-state index contributed by atoms with van der Waals surface area (Å²) in [6.45, 7) is 3.47. The second-order valence-electron chi connectivity index (χ2n) is 8.75. The van der Waals surface area contributed by atoms with Gasteiger partial charge in [-0.15, -0.1) is 0 Å². The number of rotatable bonds is 12. The van der Waals surface area contributed by atoms with Gasteiger partial charge in [0.05, 0.1) is 30.0 Å². The van der Waals surface area contributed by atoms with Gasteiger partial charge >= 0.3 is 19.1 Å². The van der Waals surface area contributed by atoms with Crippen LogP contribution >= 0.6 is 23.2 Å². The maximum atomic E-state index is 12.7. The molecule has 35 heavy (non-hydrogen) atoms.